The third-order valence-corrected chi connectivity index (χ3v) is 5.04. The maximum absolute atomic E-state index is 12.5. The van der Waals surface area contributed by atoms with E-state index < -0.39 is 10.0 Å². The van der Waals surface area contributed by atoms with E-state index in [0.717, 1.165) is 5.56 Å². The maximum atomic E-state index is 12.5. The van der Waals surface area contributed by atoms with Gasteiger partial charge in [0.15, 0.2) is 0 Å². The predicted molar refractivity (Wildman–Crippen MR) is 68.7 cm³/mol. The summed E-state index contributed by atoms with van der Waals surface area (Å²) < 4.78 is 31.7. The second kappa shape index (κ2) is 5.36. The first-order chi connectivity index (χ1) is 8.55. The standard InChI is InChI=1S/C12H18N2O3S/c1-10-2-4-12(5-3-10)18(15,16)14-6-7-17-9-11(14)8-13/h2-5,11H,6-9,13H2,1H3. The molecular weight excluding hydrogens is 252 g/mol. The van der Waals surface area contributed by atoms with Crippen LogP contribution in [0.15, 0.2) is 29.2 Å². The van der Waals surface area contributed by atoms with Crippen LogP contribution in [0.4, 0.5) is 0 Å². The Balaban J connectivity index is 2.32. The zero-order valence-corrected chi connectivity index (χ0v) is 11.2. The Bertz CT molecular complexity index is 499. The van der Waals surface area contributed by atoms with Gasteiger partial charge in [-0.3, -0.25) is 0 Å². The highest BCUT2D eigenvalue weighted by Gasteiger charge is 2.33. The molecule has 0 radical (unpaired) electrons. The third kappa shape index (κ3) is 2.56. The van der Waals surface area contributed by atoms with Crippen molar-refractivity contribution in [1.29, 1.82) is 0 Å². The van der Waals surface area contributed by atoms with Crippen molar-refractivity contribution in [3.8, 4) is 0 Å². The van der Waals surface area contributed by atoms with Gasteiger partial charge in [0.1, 0.15) is 0 Å². The fraction of sp³-hybridized carbons (Fsp3) is 0.500. The van der Waals surface area contributed by atoms with E-state index in [-0.39, 0.29) is 12.6 Å². The number of sulfonamides is 1. The van der Waals surface area contributed by atoms with Crippen LogP contribution in [-0.2, 0) is 14.8 Å². The molecule has 6 heteroatoms. The van der Waals surface area contributed by atoms with Crippen molar-refractivity contribution < 1.29 is 13.2 Å². The van der Waals surface area contributed by atoms with Crippen LogP contribution in [0.3, 0.4) is 0 Å². The summed E-state index contributed by atoms with van der Waals surface area (Å²) in [5, 5.41) is 0. The molecule has 0 aromatic heterocycles. The van der Waals surface area contributed by atoms with Crippen LogP contribution in [0.5, 0.6) is 0 Å². The smallest absolute Gasteiger partial charge is 0.243 e. The largest absolute Gasteiger partial charge is 0.378 e. The van der Waals surface area contributed by atoms with E-state index in [1.807, 2.05) is 6.92 Å². The number of morpholine rings is 1. The molecule has 5 nitrogen and oxygen atoms in total. The van der Waals surface area contributed by atoms with Crippen molar-refractivity contribution in [2.45, 2.75) is 17.9 Å². The van der Waals surface area contributed by atoms with Crippen molar-refractivity contribution >= 4 is 10.0 Å². The van der Waals surface area contributed by atoms with E-state index in [1.54, 1.807) is 24.3 Å². The molecule has 1 aromatic rings. The Morgan fingerprint density at radius 2 is 2.06 bits per heavy atom. The second-order valence-electron chi connectivity index (χ2n) is 4.39. The summed E-state index contributed by atoms with van der Waals surface area (Å²) in [7, 11) is -3.47. The van der Waals surface area contributed by atoms with Crippen LogP contribution in [-0.4, -0.2) is 45.1 Å². The Hall–Kier alpha value is -0.950. The minimum atomic E-state index is -3.47. The van der Waals surface area contributed by atoms with E-state index in [9.17, 15) is 8.42 Å². The highest BCUT2D eigenvalue weighted by molar-refractivity contribution is 7.89. The molecule has 0 saturated carbocycles. The summed E-state index contributed by atoms with van der Waals surface area (Å²) >= 11 is 0. The summed E-state index contributed by atoms with van der Waals surface area (Å²) in [6.45, 7) is 3.33. The van der Waals surface area contributed by atoms with Gasteiger partial charge in [0.05, 0.1) is 24.2 Å². The predicted octanol–water partition coefficient (Wildman–Crippen LogP) is 0.343. The fourth-order valence-electron chi connectivity index (χ4n) is 1.99. The molecule has 0 spiro atoms. The van der Waals surface area contributed by atoms with Crippen LogP contribution >= 0.6 is 0 Å². The monoisotopic (exact) mass is 270 g/mol. The molecule has 1 aliphatic heterocycles. The van der Waals surface area contributed by atoms with Crippen LogP contribution in [0.2, 0.25) is 0 Å². The highest BCUT2D eigenvalue weighted by Crippen LogP contribution is 2.20. The SMILES string of the molecule is Cc1ccc(S(=O)(=O)N2CCOCC2CN)cc1. The molecule has 1 heterocycles. The van der Waals surface area contributed by atoms with Gasteiger partial charge in [0.25, 0.3) is 0 Å². The van der Waals surface area contributed by atoms with Gasteiger partial charge in [0, 0.05) is 13.1 Å². The quantitative estimate of drug-likeness (QED) is 0.860. The Kier molecular flexibility index (Phi) is 4.01. The van der Waals surface area contributed by atoms with Crippen LogP contribution < -0.4 is 5.73 Å². The lowest BCUT2D eigenvalue weighted by atomic mass is 10.2. The number of benzene rings is 1. The zero-order valence-electron chi connectivity index (χ0n) is 10.4. The molecule has 2 rings (SSSR count). The van der Waals surface area contributed by atoms with Gasteiger partial charge in [-0.25, -0.2) is 8.42 Å². The molecule has 1 fully saturated rings. The molecule has 1 atom stereocenters. The molecule has 1 aliphatic rings. The van der Waals surface area contributed by atoms with Gasteiger partial charge in [-0.05, 0) is 19.1 Å². The fourth-order valence-corrected chi connectivity index (χ4v) is 3.59. The van der Waals surface area contributed by atoms with Crippen molar-refractivity contribution in [2.75, 3.05) is 26.3 Å². The molecule has 18 heavy (non-hydrogen) atoms. The molecule has 1 aromatic carbocycles. The van der Waals surface area contributed by atoms with E-state index in [0.29, 0.717) is 24.7 Å². The highest BCUT2D eigenvalue weighted by atomic mass is 32.2. The van der Waals surface area contributed by atoms with Crippen molar-refractivity contribution in [2.24, 2.45) is 5.73 Å². The van der Waals surface area contributed by atoms with Gasteiger partial charge in [-0.15, -0.1) is 0 Å². The van der Waals surface area contributed by atoms with E-state index >= 15 is 0 Å². The number of hydrogen-bond acceptors (Lipinski definition) is 4. The molecule has 0 aliphatic carbocycles. The van der Waals surface area contributed by atoms with Crippen molar-refractivity contribution in [3.63, 3.8) is 0 Å². The minimum Gasteiger partial charge on any atom is -0.378 e. The summed E-state index contributed by atoms with van der Waals surface area (Å²) in [6.07, 6.45) is 0. The number of nitrogens with two attached hydrogens (primary N) is 1. The summed E-state index contributed by atoms with van der Waals surface area (Å²) in [4.78, 5) is 0.313. The lowest BCUT2D eigenvalue weighted by molar-refractivity contribution is 0.0358. The Morgan fingerprint density at radius 1 is 1.39 bits per heavy atom. The van der Waals surface area contributed by atoms with E-state index in [2.05, 4.69) is 0 Å². The normalized spacial score (nSPS) is 22.0. The molecular formula is C12H18N2O3S. The van der Waals surface area contributed by atoms with Crippen molar-refractivity contribution in [1.82, 2.24) is 4.31 Å². The van der Waals surface area contributed by atoms with Crippen LogP contribution in [0.1, 0.15) is 5.56 Å². The Labute approximate surface area is 108 Å². The summed E-state index contributed by atoms with van der Waals surface area (Å²) in [5.41, 5.74) is 6.64. The van der Waals surface area contributed by atoms with Crippen molar-refractivity contribution in [3.05, 3.63) is 29.8 Å². The van der Waals surface area contributed by atoms with Gasteiger partial charge in [-0.1, -0.05) is 17.7 Å². The lowest BCUT2D eigenvalue weighted by Crippen LogP contribution is -2.51. The molecule has 0 amide bonds. The van der Waals surface area contributed by atoms with E-state index in [1.165, 1.54) is 4.31 Å². The zero-order chi connectivity index (χ0) is 13.2. The average molecular weight is 270 g/mol. The number of hydrogen-bond donors (Lipinski definition) is 1. The second-order valence-corrected chi connectivity index (χ2v) is 6.28. The van der Waals surface area contributed by atoms with Gasteiger partial charge < -0.3 is 10.5 Å². The molecule has 0 bridgehead atoms. The first-order valence-electron chi connectivity index (χ1n) is 5.92. The molecule has 2 N–H and O–H groups in total. The van der Waals surface area contributed by atoms with Crippen LogP contribution in [0, 0.1) is 6.92 Å². The van der Waals surface area contributed by atoms with Gasteiger partial charge in [-0.2, -0.15) is 4.31 Å². The Morgan fingerprint density at radius 3 is 2.67 bits per heavy atom. The first-order valence-corrected chi connectivity index (χ1v) is 7.36. The van der Waals surface area contributed by atoms with Crippen LogP contribution in [0.25, 0.3) is 0 Å². The lowest BCUT2D eigenvalue weighted by Gasteiger charge is -2.33. The van der Waals surface area contributed by atoms with Gasteiger partial charge >= 0.3 is 0 Å². The average Bonchev–Trinajstić information content (AvgIpc) is 2.39. The molecule has 1 unspecified atom stereocenters. The number of ether oxygens (including phenoxy) is 1. The number of aryl methyl sites for hydroxylation is 1. The summed E-state index contributed by atoms with van der Waals surface area (Å²) in [5.74, 6) is 0. The minimum absolute atomic E-state index is 0.269. The maximum Gasteiger partial charge on any atom is 0.243 e. The molecule has 100 valence electrons. The summed E-state index contributed by atoms with van der Waals surface area (Å²) in [6, 6.07) is 6.59. The van der Waals surface area contributed by atoms with Gasteiger partial charge in [0.2, 0.25) is 10.0 Å². The topological polar surface area (TPSA) is 72.6 Å². The first kappa shape index (κ1) is 13.5. The number of rotatable bonds is 3. The molecule has 1 saturated heterocycles. The van der Waals surface area contributed by atoms with E-state index in [4.69, 9.17) is 10.5 Å². The third-order valence-electron chi connectivity index (χ3n) is 3.07. The number of nitrogens with zero attached hydrogens (tertiary/aromatic N) is 1.